The number of fused-ring (bicyclic) bond motifs is 1. The van der Waals surface area contributed by atoms with Crippen molar-refractivity contribution in [2.24, 2.45) is 16.0 Å². The Morgan fingerprint density at radius 1 is 1.23 bits per heavy atom. The van der Waals surface area contributed by atoms with Crippen LogP contribution in [0.1, 0.15) is 39.9 Å². The van der Waals surface area contributed by atoms with E-state index in [2.05, 4.69) is 4.40 Å². The first kappa shape index (κ1) is 20.4. The number of sulfonamides is 1. The lowest BCUT2D eigenvalue weighted by Crippen LogP contribution is -2.41. The Labute approximate surface area is 176 Å². The second-order valence-electron chi connectivity index (χ2n) is 7.88. The summed E-state index contributed by atoms with van der Waals surface area (Å²) in [7, 11) is -3.58. The molecular formula is C22H25N3O4S. The summed E-state index contributed by atoms with van der Waals surface area (Å²) in [5, 5.41) is 0. The van der Waals surface area contributed by atoms with Gasteiger partial charge in [0.1, 0.15) is 11.6 Å². The van der Waals surface area contributed by atoms with Gasteiger partial charge >= 0.3 is 0 Å². The minimum absolute atomic E-state index is 0.0353. The smallest absolute Gasteiger partial charge is 0.259 e. The molecule has 30 heavy (non-hydrogen) atoms. The summed E-state index contributed by atoms with van der Waals surface area (Å²) in [6.07, 6.45) is 1.88. The molecule has 2 N–H and O–H groups in total. The fourth-order valence-electron chi connectivity index (χ4n) is 4.11. The molecule has 2 aliphatic rings. The number of amides is 1. The third-order valence-electron chi connectivity index (χ3n) is 5.60. The third kappa shape index (κ3) is 4.18. The molecule has 4 rings (SSSR count). The Bertz CT molecular complexity index is 1110. The number of rotatable bonds is 4. The number of aryl methyl sites for hydroxylation is 1. The molecule has 1 atom stereocenters. The lowest BCUT2D eigenvalue weighted by molar-refractivity contribution is 0.0632. The molecular weight excluding hydrogens is 402 g/mol. The van der Waals surface area contributed by atoms with Crippen LogP contribution in [-0.2, 0) is 15.8 Å². The van der Waals surface area contributed by atoms with Crippen molar-refractivity contribution in [3.63, 3.8) is 0 Å². The van der Waals surface area contributed by atoms with Crippen molar-refractivity contribution in [3.05, 3.63) is 64.7 Å². The van der Waals surface area contributed by atoms with Gasteiger partial charge in [-0.05, 0) is 43.0 Å². The van der Waals surface area contributed by atoms with Crippen LogP contribution < -0.4 is 10.5 Å². The van der Waals surface area contributed by atoms with E-state index in [-0.39, 0.29) is 23.4 Å². The van der Waals surface area contributed by atoms with Crippen LogP contribution in [0.25, 0.3) is 0 Å². The Balaban J connectivity index is 1.45. The van der Waals surface area contributed by atoms with E-state index in [1.165, 1.54) is 0 Å². The number of ether oxygens (including phenoxy) is 1. The molecule has 2 aromatic rings. The fourth-order valence-corrected chi connectivity index (χ4v) is 5.20. The van der Waals surface area contributed by atoms with Gasteiger partial charge in [0.25, 0.3) is 15.9 Å². The highest BCUT2D eigenvalue weighted by Crippen LogP contribution is 2.29. The predicted molar refractivity (Wildman–Crippen MR) is 115 cm³/mol. The number of piperidine rings is 1. The highest BCUT2D eigenvalue weighted by Gasteiger charge is 2.28. The molecule has 7 nitrogen and oxygen atoms in total. The minimum Gasteiger partial charge on any atom is -0.492 e. The number of likely N-dealkylation sites (tertiary alicyclic amines) is 1. The van der Waals surface area contributed by atoms with E-state index in [4.69, 9.17) is 10.5 Å². The number of nitrogens with two attached hydrogens (primary N) is 1. The van der Waals surface area contributed by atoms with Gasteiger partial charge in [-0.15, -0.1) is 4.40 Å². The summed E-state index contributed by atoms with van der Waals surface area (Å²) in [6, 6.07) is 12.9. The molecule has 2 aliphatic heterocycles. The molecule has 1 saturated heterocycles. The summed E-state index contributed by atoms with van der Waals surface area (Å²) >= 11 is 0. The Morgan fingerprint density at radius 3 is 2.83 bits per heavy atom. The topological polar surface area (TPSA) is 102 Å². The standard InChI is InChI=1S/C22H25N3O4S/c1-15-6-2-3-9-18(15)22(26)25-11-5-7-16(12-25)13-29-19-10-4-8-17-14-30(27,28)24-21(23)20(17)19/h2-4,6,8-10,16H,5,7,11-14H2,1H3,(H2,23,24)/t16-/m0/s1. The van der Waals surface area contributed by atoms with Crippen molar-refractivity contribution < 1.29 is 17.9 Å². The summed E-state index contributed by atoms with van der Waals surface area (Å²) in [6.45, 7) is 3.73. The highest BCUT2D eigenvalue weighted by molar-refractivity contribution is 7.89. The van der Waals surface area contributed by atoms with Gasteiger partial charge in [0, 0.05) is 24.6 Å². The molecule has 158 valence electrons. The Morgan fingerprint density at radius 2 is 2.03 bits per heavy atom. The summed E-state index contributed by atoms with van der Waals surface area (Å²) in [4.78, 5) is 14.8. The number of nitrogens with zero attached hydrogens (tertiary/aromatic N) is 2. The van der Waals surface area contributed by atoms with Crippen molar-refractivity contribution in [2.75, 3.05) is 19.7 Å². The molecule has 0 unspecified atom stereocenters. The molecule has 0 aliphatic carbocycles. The maximum atomic E-state index is 12.9. The average molecular weight is 428 g/mol. The van der Waals surface area contributed by atoms with Crippen molar-refractivity contribution in [2.45, 2.75) is 25.5 Å². The van der Waals surface area contributed by atoms with Gasteiger partial charge in [0.05, 0.1) is 17.9 Å². The van der Waals surface area contributed by atoms with Gasteiger partial charge in [-0.1, -0.05) is 30.3 Å². The molecule has 1 fully saturated rings. The van der Waals surface area contributed by atoms with Crippen LogP contribution in [-0.4, -0.2) is 44.8 Å². The van der Waals surface area contributed by atoms with Crippen LogP contribution in [0.2, 0.25) is 0 Å². The lowest BCUT2D eigenvalue weighted by Gasteiger charge is -2.33. The summed E-state index contributed by atoms with van der Waals surface area (Å²) < 4.78 is 33.3. The maximum Gasteiger partial charge on any atom is 0.259 e. The molecule has 0 aromatic heterocycles. The highest BCUT2D eigenvalue weighted by atomic mass is 32.2. The molecule has 0 saturated carbocycles. The SMILES string of the molecule is Cc1ccccc1C(=O)N1CCC[C@H](COc2cccc3c2C(N)=NS(=O)(=O)C3)C1. The van der Waals surface area contributed by atoms with Crippen molar-refractivity contribution in [1.82, 2.24) is 4.90 Å². The lowest BCUT2D eigenvalue weighted by atomic mass is 9.97. The van der Waals surface area contributed by atoms with Crippen molar-refractivity contribution in [1.29, 1.82) is 0 Å². The van der Waals surface area contributed by atoms with E-state index >= 15 is 0 Å². The van der Waals surface area contributed by atoms with E-state index in [1.54, 1.807) is 18.2 Å². The maximum absolute atomic E-state index is 12.9. The van der Waals surface area contributed by atoms with Gasteiger partial charge in [-0.2, -0.15) is 0 Å². The van der Waals surface area contributed by atoms with Crippen LogP contribution in [0.4, 0.5) is 0 Å². The summed E-state index contributed by atoms with van der Waals surface area (Å²) in [5.41, 5.74) is 8.77. The first-order valence-electron chi connectivity index (χ1n) is 10.0. The number of amidine groups is 1. The van der Waals surface area contributed by atoms with Crippen molar-refractivity contribution >= 4 is 21.8 Å². The molecule has 0 radical (unpaired) electrons. The summed E-state index contributed by atoms with van der Waals surface area (Å²) in [5.74, 6) is 0.560. The first-order valence-corrected chi connectivity index (χ1v) is 11.6. The normalized spacial score (nSPS) is 20.2. The van der Waals surface area contributed by atoms with E-state index in [9.17, 15) is 13.2 Å². The number of carbonyl (C=O) groups excluding carboxylic acids is 1. The average Bonchev–Trinajstić information content (AvgIpc) is 2.71. The van der Waals surface area contributed by atoms with E-state index in [0.29, 0.717) is 30.0 Å². The zero-order valence-electron chi connectivity index (χ0n) is 16.9. The van der Waals surface area contributed by atoms with Crippen LogP contribution >= 0.6 is 0 Å². The molecule has 2 heterocycles. The van der Waals surface area contributed by atoms with Crippen LogP contribution in [0.5, 0.6) is 5.75 Å². The Kier molecular flexibility index (Phi) is 5.51. The van der Waals surface area contributed by atoms with E-state index in [0.717, 1.165) is 30.5 Å². The van der Waals surface area contributed by atoms with Gasteiger partial charge in [0.15, 0.2) is 0 Å². The van der Waals surface area contributed by atoms with Crippen LogP contribution in [0.3, 0.4) is 0 Å². The zero-order valence-corrected chi connectivity index (χ0v) is 17.7. The zero-order chi connectivity index (χ0) is 21.3. The number of carbonyl (C=O) groups is 1. The molecule has 8 heteroatoms. The van der Waals surface area contributed by atoms with Gasteiger partial charge < -0.3 is 15.4 Å². The second kappa shape index (κ2) is 8.10. The first-order chi connectivity index (χ1) is 14.3. The van der Waals surface area contributed by atoms with Crippen LogP contribution in [0.15, 0.2) is 46.9 Å². The Hall–Kier alpha value is -2.87. The van der Waals surface area contributed by atoms with Gasteiger partial charge in [-0.25, -0.2) is 8.42 Å². The fraction of sp³-hybridized carbons (Fsp3) is 0.364. The quantitative estimate of drug-likeness (QED) is 0.808. The number of benzene rings is 2. The van der Waals surface area contributed by atoms with E-state index < -0.39 is 10.0 Å². The predicted octanol–water partition coefficient (Wildman–Crippen LogP) is 2.47. The van der Waals surface area contributed by atoms with Crippen molar-refractivity contribution in [3.8, 4) is 5.75 Å². The number of hydrogen-bond donors (Lipinski definition) is 1. The third-order valence-corrected chi connectivity index (χ3v) is 6.75. The monoisotopic (exact) mass is 427 g/mol. The van der Waals surface area contributed by atoms with Gasteiger partial charge in [-0.3, -0.25) is 4.79 Å². The molecule has 0 spiro atoms. The van der Waals surface area contributed by atoms with Gasteiger partial charge in [0.2, 0.25) is 0 Å². The molecule has 0 bridgehead atoms. The largest absolute Gasteiger partial charge is 0.492 e. The molecule has 2 aromatic carbocycles. The van der Waals surface area contributed by atoms with E-state index in [1.807, 2.05) is 36.1 Å². The second-order valence-corrected chi connectivity index (χ2v) is 9.51. The number of hydrogen-bond acceptors (Lipinski definition) is 5. The van der Waals surface area contributed by atoms with Crippen LogP contribution in [0, 0.1) is 12.8 Å². The minimum atomic E-state index is -3.58. The molecule has 1 amide bonds.